The number of phenols is 2. The molecule has 0 unspecified atom stereocenters. The highest BCUT2D eigenvalue weighted by Crippen LogP contribution is 2.34. The van der Waals surface area contributed by atoms with E-state index >= 15 is 0 Å². The van der Waals surface area contributed by atoms with Crippen LogP contribution in [0, 0.1) is 5.82 Å². The van der Waals surface area contributed by atoms with E-state index in [0.29, 0.717) is 37.3 Å². The van der Waals surface area contributed by atoms with E-state index in [4.69, 9.17) is 4.74 Å². The molecule has 0 spiro atoms. The first-order valence-corrected chi connectivity index (χ1v) is 9.11. The molecule has 0 bridgehead atoms. The van der Waals surface area contributed by atoms with Crippen molar-refractivity contribution in [3.05, 3.63) is 53.3 Å². The molecule has 1 aliphatic heterocycles. The predicted molar refractivity (Wildman–Crippen MR) is 101 cm³/mol. The summed E-state index contributed by atoms with van der Waals surface area (Å²) >= 11 is 0. The molecule has 6 heteroatoms. The summed E-state index contributed by atoms with van der Waals surface area (Å²) in [5.41, 5.74) is 1.27. The first-order chi connectivity index (χ1) is 12.9. The molecular weight excluding hydrogens is 349 g/mol. The van der Waals surface area contributed by atoms with Crippen LogP contribution in [0.3, 0.4) is 0 Å². The van der Waals surface area contributed by atoms with Crippen LogP contribution >= 0.6 is 0 Å². The smallest absolute Gasteiger partial charge is 0.262 e. The minimum absolute atomic E-state index is 0.0144. The van der Waals surface area contributed by atoms with Crippen molar-refractivity contribution in [1.29, 1.82) is 0 Å². The third-order valence-electron chi connectivity index (χ3n) is 4.88. The van der Waals surface area contributed by atoms with E-state index in [1.54, 1.807) is 17.0 Å². The molecule has 1 amide bonds. The molecule has 1 aliphatic rings. The van der Waals surface area contributed by atoms with E-state index < -0.39 is 0 Å². The Kier molecular flexibility index (Phi) is 5.65. The standard InChI is InChI=1S/C21H24FNO4/c1-13(2)17-11-18(20(25)12-19(17)24)21(26)23(16-7-9-27-10-8-16)15-5-3-14(22)4-6-15/h3-6,11-13,16,24-25H,7-10H2,1-2H3. The van der Waals surface area contributed by atoms with E-state index in [0.717, 1.165) is 0 Å². The summed E-state index contributed by atoms with van der Waals surface area (Å²) in [6.07, 6.45) is 1.30. The number of carbonyl (C=O) groups excluding carboxylic acids is 1. The number of aromatic hydroxyl groups is 2. The van der Waals surface area contributed by atoms with Crippen LogP contribution in [0.5, 0.6) is 11.5 Å². The largest absolute Gasteiger partial charge is 0.508 e. The highest BCUT2D eigenvalue weighted by Gasteiger charge is 2.30. The summed E-state index contributed by atoms with van der Waals surface area (Å²) in [5, 5.41) is 20.4. The number of halogens is 1. The summed E-state index contributed by atoms with van der Waals surface area (Å²) < 4.78 is 18.8. The van der Waals surface area contributed by atoms with E-state index in [2.05, 4.69) is 0 Å². The topological polar surface area (TPSA) is 70.0 Å². The summed E-state index contributed by atoms with van der Waals surface area (Å²) in [7, 11) is 0. The third-order valence-corrected chi connectivity index (χ3v) is 4.88. The van der Waals surface area contributed by atoms with Gasteiger partial charge in [0.1, 0.15) is 17.3 Å². The molecule has 27 heavy (non-hydrogen) atoms. The molecular formula is C21H24FNO4. The molecule has 2 aromatic carbocycles. The summed E-state index contributed by atoms with van der Waals surface area (Å²) in [4.78, 5) is 15.0. The molecule has 0 atom stereocenters. The summed E-state index contributed by atoms with van der Waals surface area (Å²) in [6, 6.07) is 8.36. The van der Waals surface area contributed by atoms with E-state index in [1.807, 2.05) is 13.8 Å². The zero-order valence-corrected chi connectivity index (χ0v) is 15.5. The van der Waals surface area contributed by atoms with Gasteiger partial charge in [0.15, 0.2) is 0 Å². The maximum atomic E-state index is 13.4. The Morgan fingerprint density at radius 2 is 1.74 bits per heavy atom. The highest BCUT2D eigenvalue weighted by molar-refractivity contribution is 6.08. The Hall–Kier alpha value is -2.60. The van der Waals surface area contributed by atoms with Gasteiger partial charge in [-0.05, 0) is 54.7 Å². The van der Waals surface area contributed by atoms with Crippen LogP contribution in [0.15, 0.2) is 36.4 Å². The zero-order valence-electron chi connectivity index (χ0n) is 15.5. The van der Waals surface area contributed by atoms with Gasteiger partial charge in [-0.3, -0.25) is 4.79 Å². The van der Waals surface area contributed by atoms with Crippen molar-refractivity contribution >= 4 is 11.6 Å². The number of rotatable bonds is 4. The van der Waals surface area contributed by atoms with Crippen molar-refractivity contribution in [3.63, 3.8) is 0 Å². The second kappa shape index (κ2) is 7.96. The second-order valence-electron chi connectivity index (χ2n) is 7.08. The molecule has 0 aromatic heterocycles. The summed E-state index contributed by atoms with van der Waals surface area (Å²) in [6.45, 7) is 4.87. The molecule has 0 aliphatic carbocycles. The fourth-order valence-electron chi connectivity index (χ4n) is 3.40. The number of phenolic OH excluding ortho intramolecular Hbond substituents is 2. The second-order valence-corrected chi connectivity index (χ2v) is 7.08. The van der Waals surface area contributed by atoms with Gasteiger partial charge in [-0.2, -0.15) is 0 Å². The van der Waals surface area contributed by atoms with Gasteiger partial charge in [0.2, 0.25) is 0 Å². The zero-order chi connectivity index (χ0) is 19.6. The van der Waals surface area contributed by atoms with E-state index in [-0.39, 0.29) is 40.7 Å². The maximum Gasteiger partial charge on any atom is 0.262 e. The fraction of sp³-hybridized carbons (Fsp3) is 0.381. The number of carbonyl (C=O) groups is 1. The first kappa shape index (κ1) is 19.2. The molecule has 3 rings (SSSR count). The number of amides is 1. The molecule has 0 saturated carbocycles. The van der Waals surface area contributed by atoms with E-state index in [1.165, 1.54) is 24.3 Å². The lowest BCUT2D eigenvalue weighted by atomic mass is 9.97. The van der Waals surface area contributed by atoms with Gasteiger partial charge in [-0.25, -0.2) is 4.39 Å². The van der Waals surface area contributed by atoms with Crippen LogP contribution in [-0.2, 0) is 4.74 Å². The van der Waals surface area contributed by atoms with Crippen LogP contribution in [0.1, 0.15) is 48.5 Å². The molecule has 2 aromatic rings. The van der Waals surface area contributed by atoms with Gasteiger partial charge in [-0.1, -0.05) is 13.8 Å². The first-order valence-electron chi connectivity index (χ1n) is 9.11. The Balaban J connectivity index is 2.05. The number of hydrogen-bond donors (Lipinski definition) is 2. The van der Waals surface area contributed by atoms with Crippen molar-refractivity contribution < 1.29 is 24.1 Å². The van der Waals surface area contributed by atoms with Crippen LogP contribution in [0.4, 0.5) is 10.1 Å². The lowest BCUT2D eigenvalue weighted by Gasteiger charge is -2.34. The molecule has 5 nitrogen and oxygen atoms in total. The lowest BCUT2D eigenvalue weighted by molar-refractivity contribution is 0.0771. The number of ether oxygens (including phenoxy) is 1. The third kappa shape index (κ3) is 4.06. The van der Waals surface area contributed by atoms with Gasteiger partial charge in [0.25, 0.3) is 5.91 Å². The Morgan fingerprint density at radius 1 is 1.11 bits per heavy atom. The molecule has 1 heterocycles. The monoisotopic (exact) mass is 373 g/mol. The molecule has 2 N–H and O–H groups in total. The number of benzene rings is 2. The highest BCUT2D eigenvalue weighted by atomic mass is 19.1. The number of anilines is 1. The van der Waals surface area contributed by atoms with Crippen LogP contribution in [0.2, 0.25) is 0 Å². The van der Waals surface area contributed by atoms with Crippen molar-refractivity contribution in [2.24, 2.45) is 0 Å². The molecule has 144 valence electrons. The molecule has 1 fully saturated rings. The van der Waals surface area contributed by atoms with Crippen molar-refractivity contribution in [2.75, 3.05) is 18.1 Å². The van der Waals surface area contributed by atoms with Gasteiger partial charge < -0.3 is 19.8 Å². The fourth-order valence-corrected chi connectivity index (χ4v) is 3.40. The maximum absolute atomic E-state index is 13.4. The van der Waals surface area contributed by atoms with E-state index in [9.17, 15) is 19.4 Å². The van der Waals surface area contributed by atoms with Crippen molar-refractivity contribution in [1.82, 2.24) is 0 Å². The lowest BCUT2D eigenvalue weighted by Crippen LogP contribution is -2.43. The average Bonchev–Trinajstić information content (AvgIpc) is 2.64. The van der Waals surface area contributed by atoms with Crippen LogP contribution in [-0.4, -0.2) is 35.4 Å². The molecule has 0 radical (unpaired) electrons. The van der Waals surface area contributed by atoms with Crippen molar-refractivity contribution in [2.45, 2.75) is 38.6 Å². The van der Waals surface area contributed by atoms with Gasteiger partial charge in [0, 0.05) is 31.0 Å². The predicted octanol–water partition coefficient (Wildman–Crippen LogP) is 4.19. The van der Waals surface area contributed by atoms with Gasteiger partial charge in [-0.15, -0.1) is 0 Å². The van der Waals surface area contributed by atoms with Gasteiger partial charge >= 0.3 is 0 Å². The minimum atomic E-state index is -0.382. The Bertz CT molecular complexity index is 814. The van der Waals surface area contributed by atoms with Crippen LogP contribution in [0.25, 0.3) is 0 Å². The average molecular weight is 373 g/mol. The SMILES string of the molecule is CC(C)c1cc(C(=O)N(c2ccc(F)cc2)C2CCOCC2)c(O)cc1O. The normalized spacial score (nSPS) is 15.1. The molecule has 1 saturated heterocycles. The quantitative estimate of drug-likeness (QED) is 0.843. The summed E-state index contributed by atoms with van der Waals surface area (Å²) in [5.74, 6) is -1.10. The Labute approximate surface area is 158 Å². The van der Waals surface area contributed by atoms with Crippen LogP contribution < -0.4 is 4.90 Å². The number of nitrogens with zero attached hydrogens (tertiary/aromatic N) is 1. The Morgan fingerprint density at radius 3 is 2.33 bits per heavy atom. The van der Waals surface area contributed by atoms with Gasteiger partial charge in [0.05, 0.1) is 5.56 Å². The van der Waals surface area contributed by atoms with Crippen molar-refractivity contribution in [3.8, 4) is 11.5 Å². The number of hydrogen-bond acceptors (Lipinski definition) is 4. The minimum Gasteiger partial charge on any atom is -0.508 e.